The monoisotopic (exact) mass is 200 g/mol. The van der Waals surface area contributed by atoms with E-state index in [0.717, 1.165) is 0 Å². The van der Waals surface area contributed by atoms with Crippen molar-refractivity contribution in [2.75, 3.05) is 13.7 Å². The first kappa shape index (κ1) is 13.2. The quantitative estimate of drug-likeness (QED) is 0.504. The van der Waals surface area contributed by atoms with Gasteiger partial charge in [0.2, 0.25) is 0 Å². The summed E-state index contributed by atoms with van der Waals surface area (Å²) in [5.74, 6) is -0.251. The number of hydrogen-bond donors (Lipinski definition) is 0. The number of methoxy groups -OCH3 is 1. The van der Waals surface area contributed by atoms with Crippen molar-refractivity contribution in [2.45, 2.75) is 39.7 Å². The predicted molar refractivity (Wildman–Crippen MR) is 56.1 cm³/mol. The van der Waals surface area contributed by atoms with E-state index >= 15 is 0 Å². The van der Waals surface area contributed by atoms with Crippen molar-refractivity contribution in [3.05, 3.63) is 11.6 Å². The predicted octanol–water partition coefficient (Wildman–Crippen LogP) is 2.31. The van der Waals surface area contributed by atoms with Crippen molar-refractivity contribution < 1.29 is 14.3 Å². The summed E-state index contributed by atoms with van der Waals surface area (Å²) in [6, 6.07) is 0. The van der Waals surface area contributed by atoms with E-state index in [0.29, 0.717) is 18.6 Å². The van der Waals surface area contributed by atoms with Gasteiger partial charge in [0, 0.05) is 19.1 Å². The molecule has 0 amide bonds. The van der Waals surface area contributed by atoms with Crippen LogP contribution in [0.5, 0.6) is 0 Å². The molecule has 3 nitrogen and oxygen atoms in total. The normalized spacial score (nSPS) is 12.8. The molecule has 0 aliphatic rings. The van der Waals surface area contributed by atoms with Gasteiger partial charge in [-0.25, -0.2) is 4.79 Å². The van der Waals surface area contributed by atoms with Crippen LogP contribution >= 0.6 is 0 Å². The molecule has 3 heteroatoms. The Kier molecular flexibility index (Phi) is 5.46. The van der Waals surface area contributed by atoms with Crippen LogP contribution < -0.4 is 0 Å². The van der Waals surface area contributed by atoms with Crippen molar-refractivity contribution in [3.8, 4) is 0 Å². The maximum atomic E-state index is 11.2. The van der Waals surface area contributed by atoms with Gasteiger partial charge in [-0.1, -0.05) is 6.08 Å². The second kappa shape index (κ2) is 5.81. The molecule has 0 unspecified atom stereocenters. The number of rotatable bonds is 5. The van der Waals surface area contributed by atoms with Crippen LogP contribution in [0.1, 0.15) is 34.1 Å². The van der Waals surface area contributed by atoms with E-state index in [2.05, 4.69) is 0 Å². The van der Waals surface area contributed by atoms with E-state index in [1.807, 2.05) is 20.8 Å². The second-order valence-electron chi connectivity index (χ2n) is 3.82. The van der Waals surface area contributed by atoms with Crippen molar-refractivity contribution in [1.82, 2.24) is 0 Å². The molecule has 0 atom stereocenters. The highest BCUT2D eigenvalue weighted by molar-refractivity contribution is 5.87. The molecule has 0 saturated heterocycles. The van der Waals surface area contributed by atoms with Gasteiger partial charge in [0.15, 0.2) is 0 Å². The van der Waals surface area contributed by atoms with Crippen LogP contribution in [0.3, 0.4) is 0 Å². The van der Waals surface area contributed by atoms with Gasteiger partial charge >= 0.3 is 5.97 Å². The Morgan fingerprint density at radius 3 is 2.43 bits per heavy atom. The number of ether oxygens (including phenoxy) is 2. The maximum Gasteiger partial charge on any atom is 0.333 e. The van der Waals surface area contributed by atoms with E-state index < -0.39 is 0 Å². The molecule has 0 aliphatic heterocycles. The van der Waals surface area contributed by atoms with Gasteiger partial charge in [0.1, 0.15) is 0 Å². The van der Waals surface area contributed by atoms with Crippen molar-refractivity contribution in [3.63, 3.8) is 0 Å². The number of allylic oxidation sites excluding steroid dienone is 1. The van der Waals surface area contributed by atoms with Crippen LogP contribution in [0.2, 0.25) is 0 Å². The van der Waals surface area contributed by atoms with Crippen molar-refractivity contribution in [2.24, 2.45) is 0 Å². The van der Waals surface area contributed by atoms with Gasteiger partial charge in [0.25, 0.3) is 0 Å². The zero-order valence-electron chi connectivity index (χ0n) is 9.72. The molecule has 0 heterocycles. The molecule has 0 spiro atoms. The molecule has 0 fully saturated rings. The summed E-state index contributed by atoms with van der Waals surface area (Å²) in [5, 5.41) is 0. The molecule has 0 bridgehead atoms. The first-order chi connectivity index (χ1) is 6.43. The lowest BCUT2D eigenvalue weighted by Gasteiger charge is -2.22. The second-order valence-corrected chi connectivity index (χ2v) is 3.82. The minimum atomic E-state index is -0.251. The Balaban J connectivity index is 3.81. The Labute approximate surface area is 86.1 Å². The third-order valence-electron chi connectivity index (χ3n) is 2.24. The van der Waals surface area contributed by atoms with E-state index in [-0.39, 0.29) is 11.6 Å². The molecule has 0 radical (unpaired) electrons. The van der Waals surface area contributed by atoms with Crippen LogP contribution in [-0.4, -0.2) is 25.3 Å². The van der Waals surface area contributed by atoms with Crippen molar-refractivity contribution >= 4 is 5.97 Å². The third kappa shape index (κ3) is 5.02. The number of esters is 1. The molecule has 0 aromatic heterocycles. The molecule has 0 aromatic carbocycles. The molecule has 0 saturated carbocycles. The first-order valence-electron chi connectivity index (χ1n) is 4.78. The van der Waals surface area contributed by atoms with Crippen LogP contribution in [0.15, 0.2) is 11.6 Å². The molecular formula is C11H20O3. The lowest BCUT2D eigenvalue weighted by molar-refractivity contribution is -0.140. The number of carbonyl (C=O) groups excluding carboxylic acids is 1. The summed E-state index contributed by atoms with van der Waals surface area (Å²) in [4.78, 5) is 11.2. The summed E-state index contributed by atoms with van der Waals surface area (Å²) >= 11 is 0. The lowest BCUT2D eigenvalue weighted by atomic mass is 10.1. The fourth-order valence-electron chi connectivity index (χ4n) is 0.723. The molecule has 0 aromatic rings. The lowest BCUT2D eigenvalue weighted by Crippen LogP contribution is -2.25. The van der Waals surface area contributed by atoms with E-state index in [1.54, 1.807) is 20.1 Å². The van der Waals surface area contributed by atoms with Gasteiger partial charge in [0.05, 0.1) is 12.2 Å². The van der Waals surface area contributed by atoms with Gasteiger partial charge in [-0.15, -0.1) is 0 Å². The summed E-state index contributed by atoms with van der Waals surface area (Å²) < 4.78 is 10.2. The molecule has 14 heavy (non-hydrogen) atoms. The van der Waals surface area contributed by atoms with Gasteiger partial charge in [-0.05, 0) is 27.7 Å². The first-order valence-corrected chi connectivity index (χ1v) is 4.78. The Morgan fingerprint density at radius 1 is 1.43 bits per heavy atom. The standard InChI is InChI=1S/C11H20O3/c1-6-9(2)10(12)14-8-7-11(3,4)13-5/h6H,7-8H2,1-5H3/b9-6+. The smallest absolute Gasteiger partial charge is 0.333 e. The fraction of sp³-hybridized carbons (Fsp3) is 0.727. The summed E-state index contributed by atoms with van der Waals surface area (Å²) in [6.45, 7) is 7.87. The highest BCUT2D eigenvalue weighted by Gasteiger charge is 2.16. The fourth-order valence-corrected chi connectivity index (χ4v) is 0.723. The summed E-state index contributed by atoms with van der Waals surface area (Å²) in [7, 11) is 1.65. The maximum absolute atomic E-state index is 11.2. The highest BCUT2D eigenvalue weighted by atomic mass is 16.5. The van der Waals surface area contributed by atoms with E-state index in [4.69, 9.17) is 9.47 Å². The molecular weight excluding hydrogens is 180 g/mol. The Hall–Kier alpha value is -0.830. The SMILES string of the molecule is C/C=C(\C)C(=O)OCCC(C)(C)OC. The van der Waals surface area contributed by atoms with Crippen molar-refractivity contribution in [1.29, 1.82) is 0 Å². The zero-order chi connectivity index (χ0) is 11.2. The molecule has 0 rings (SSSR count). The van der Waals surface area contributed by atoms with E-state index in [1.165, 1.54) is 0 Å². The third-order valence-corrected chi connectivity index (χ3v) is 2.24. The summed E-state index contributed by atoms with van der Waals surface area (Å²) in [6.07, 6.45) is 2.44. The van der Waals surface area contributed by atoms with Gasteiger partial charge in [-0.2, -0.15) is 0 Å². The zero-order valence-corrected chi connectivity index (χ0v) is 9.72. The molecule has 0 N–H and O–H groups in total. The molecule has 0 aliphatic carbocycles. The van der Waals surface area contributed by atoms with E-state index in [9.17, 15) is 4.79 Å². The van der Waals surface area contributed by atoms with Gasteiger partial charge < -0.3 is 9.47 Å². The average molecular weight is 200 g/mol. The number of carbonyl (C=O) groups is 1. The van der Waals surface area contributed by atoms with Crippen LogP contribution in [0.4, 0.5) is 0 Å². The average Bonchev–Trinajstić information content (AvgIpc) is 2.16. The van der Waals surface area contributed by atoms with Crippen LogP contribution in [0.25, 0.3) is 0 Å². The minimum Gasteiger partial charge on any atom is -0.462 e. The Bertz CT molecular complexity index is 217. The highest BCUT2D eigenvalue weighted by Crippen LogP contribution is 2.12. The minimum absolute atomic E-state index is 0.232. The van der Waals surface area contributed by atoms with Crippen LogP contribution in [0, 0.1) is 0 Å². The molecule has 82 valence electrons. The Morgan fingerprint density at radius 2 is 2.00 bits per heavy atom. The largest absolute Gasteiger partial charge is 0.462 e. The topological polar surface area (TPSA) is 35.5 Å². The van der Waals surface area contributed by atoms with Crippen LogP contribution in [-0.2, 0) is 14.3 Å². The van der Waals surface area contributed by atoms with Gasteiger partial charge in [-0.3, -0.25) is 0 Å². The summed E-state index contributed by atoms with van der Waals surface area (Å²) in [5.41, 5.74) is 0.407. The number of hydrogen-bond acceptors (Lipinski definition) is 3.